The number of hydrogen-bond acceptors (Lipinski definition) is 2. The molecular weight excluding hydrogens is 410 g/mol. The second kappa shape index (κ2) is 6.81. The van der Waals surface area contributed by atoms with Crippen LogP contribution in [0, 0.1) is 3.57 Å². The van der Waals surface area contributed by atoms with Crippen LogP contribution < -0.4 is 5.32 Å². The first-order chi connectivity index (χ1) is 9.13. The fourth-order valence-electron chi connectivity index (χ4n) is 2.94. The summed E-state index contributed by atoms with van der Waals surface area (Å²) in [5.74, 6) is 0.129. The van der Waals surface area contributed by atoms with Gasteiger partial charge in [0.1, 0.15) is 0 Å². The molecule has 1 N–H and O–H groups in total. The largest absolute Gasteiger partial charge is 0.337 e. The fraction of sp³-hybridized carbons (Fsp3) is 0.500. The highest BCUT2D eigenvalue weighted by Crippen LogP contribution is 2.23. The Kier molecular flexibility index (Phi) is 5.56. The SMILES string of the molecule is Cl.O=C(c1ccc(Cl)c(I)c1)N1CCC2CCC(C1)N2. The summed E-state index contributed by atoms with van der Waals surface area (Å²) in [5.41, 5.74) is 0.742. The zero-order chi connectivity index (χ0) is 13.4. The van der Waals surface area contributed by atoms with Gasteiger partial charge in [-0.2, -0.15) is 0 Å². The second-order valence-electron chi connectivity index (χ2n) is 5.31. The fourth-order valence-corrected chi connectivity index (χ4v) is 3.57. The Bertz CT molecular complexity index is 512. The summed E-state index contributed by atoms with van der Waals surface area (Å²) in [6.07, 6.45) is 3.51. The second-order valence-corrected chi connectivity index (χ2v) is 6.88. The van der Waals surface area contributed by atoms with Gasteiger partial charge in [-0.05, 0) is 60.1 Å². The first-order valence-electron chi connectivity index (χ1n) is 6.64. The van der Waals surface area contributed by atoms with E-state index in [1.807, 2.05) is 17.0 Å². The first kappa shape index (κ1) is 16.3. The lowest BCUT2D eigenvalue weighted by Crippen LogP contribution is -2.39. The van der Waals surface area contributed by atoms with Crippen molar-refractivity contribution >= 4 is 52.5 Å². The zero-order valence-electron chi connectivity index (χ0n) is 10.9. The first-order valence-corrected chi connectivity index (χ1v) is 8.09. The molecule has 2 bridgehead atoms. The van der Waals surface area contributed by atoms with E-state index in [4.69, 9.17) is 11.6 Å². The molecule has 0 radical (unpaired) electrons. The number of fused-ring (bicyclic) bond motifs is 2. The van der Waals surface area contributed by atoms with Crippen molar-refractivity contribution in [3.8, 4) is 0 Å². The molecule has 2 aliphatic rings. The maximum Gasteiger partial charge on any atom is 0.253 e. The molecule has 3 rings (SSSR count). The third-order valence-electron chi connectivity index (χ3n) is 3.98. The molecule has 6 heteroatoms. The maximum absolute atomic E-state index is 12.5. The lowest BCUT2D eigenvalue weighted by Gasteiger charge is -2.24. The summed E-state index contributed by atoms with van der Waals surface area (Å²) in [6, 6.07) is 6.58. The summed E-state index contributed by atoms with van der Waals surface area (Å²) in [6.45, 7) is 1.68. The van der Waals surface area contributed by atoms with Gasteiger partial charge >= 0.3 is 0 Å². The Morgan fingerprint density at radius 3 is 2.80 bits per heavy atom. The number of hydrogen-bond donors (Lipinski definition) is 1. The van der Waals surface area contributed by atoms with E-state index >= 15 is 0 Å². The van der Waals surface area contributed by atoms with Crippen LogP contribution in [-0.4, -0.2) is 36.0 Å². The van der Waals surface area contributed by atoms with Gasteiger partial charge in [-0.15, -0.1) is 12.4 Å². The lowest BCUT2D eigenvalue weighted by molar-refractivity contribution is 0.0748. The zero-order valence-corrected chi connectivity index (χ0v) is 14.7. The minimum Gasteiger partial charge on any atom is -0.337 e. The summed E-state index contributed by atoms with van der Waals surface area (Å²) < 4.78 is 0.930. The van der Waals surface area contributed by atoms with Gasteiger partial charge in [-0.1, -0.05) is 11.6 Å². The molecule has 2 atom stereocenters. The van der Waals surface area contributed by atoms with E-state index in [2.05, 4.69) is 27.9 Å². The smallest absolute Gasteiger partial charge is 0.253 e. The van der Waals surface area contributed by atoms with Gasteiger partial charge in [0, 0.05) is 34.3 Å². The minimum atomic E-state index is 0. The molecule has 0 saturated carbocycles. The minimum absolute atomic E-state index is 0. The summed E-state index contributed by atoms with van der Waals surface area (Å²) in [5, 5.41) is 4.30. The Balaban J connectivity index is 0.00000147. The van der Waals surface area contributed by atoms with Gasteiger partial charge < -0.3 is 10.2 Å². The molecule has 0 aliphatic carbocycles. The Labute approximate surface area is 144 Å². The van der Waals surface area contributed by atoms with Crippen molar-refractivity contribution in [1.82, 2.24) is 10.2 Å². The van der Waals surface area contributed by atoms with E-state index in [1.165, 1.54) is 12.8 Å². The quantitative estimate of drug-likeness (QED) is 0.698. The van der Waals surface area contributed by atoms with Crippen molar-refractivity contribution in [2.75, 3.05) is 13.1 Å². The molecule has 2 unspecified atom stereocenters. The molecule has 2 aliphatic heterocycles. The van der Waals surface area contributed by atoms with E-state index in [-0.39, 0.29) is 18.3 Å². The molecule has 2 fully saturated rings. The predicted molar refractivity (Wildman–Crippen MR) is 91.9 cm³/mol. The molecule has 0 aromatic heterocycles. The Morgan fingerprint density at radius 2 is 2.05 bits per heavy atom. The lowest BCUT2D eigenvalue weighted by atomic mass is 10.1. The number of amides is 1. The summed E-state index contributed by atoms with van der Waals surface area (Å²) in [4.78, 5) is 14.5. The van der Waals surface area contributed by atoms with E-state index in [0.717, 1.165) is 28.6 Å². The van der Waals surface area contributed by atoms with Gasteiger partial charge in [0.05, 0.1) is 5.02 Å². The van der Waals surface area contributed by atoms with E-state index in [0.29, 0.717) is 17.1 Å². The molecular formula is C14H17Cl2IN2O. The molecule has 2 saturated heterocycles. The molecule has 1 amide bonds. The number of nitrogens with zero attached hydrogens (tertiary/aromatic N) is 1. The van der Waals surface area contributed by atoms with Crippen LogP contribution in [0.25, 0.3) is 0 Å². The molecule has 3 nitrogen and oxygen atoms in total. The van der Waals surface area contributed by atoms with Gasteiger partial charge in [0.2, 0.25) is 0 Å². The molecule has 1 aromatic rings. The molecule has 20 heavy (non-hydrogen) atoms. The number of halogens is 3. The summed E-state index contributed by atoms with van der Waals surface area (Å²) >= 11 is 8.17. The number of benzene rings is 1. The summed E-state index contributed by atoms with van der Waals surface area (Å²) in [7, 11) is 0. The van der Waals surface area contributed by atoms with E-state index in [9.17, 15) is 4.79 Å². The van der Waals surface area contributed by atoms with Crippen LogP contribution in [-0.2, 0) is 0 Å². The molecule has 110 valence electrons. The third-order valence-corrected chi connectivity index (χ3v) is 5.52. The molecule has 0 spiro atoms. The predicted octanol–water partition coefficient (Wildman–Crippen LogP) is 3.33. The van der Waals surface area contributed by atoms with Crippen LogP contribution in [0.2, 0.25) is 5.02 Å². The monoisotopic (exact) mass is 426 g/mol. The van der Waals surface area contributed by atoms with Crippen molar-refractivity contribution in [2.24, 2.45) is 0 Å². The number of likely N-dealkylation sites (tertiary alicyclic amines) is 1. The highest BCUT2D eigenvalue weighted by molar-refractivity contribution is 14.1. The number of carbonyl (C=O) groups is 1. The van der Waals surface area contributed by atoms with Crippen molar-refractivity contribution in [3.63, 3.8) is 0 Å². The van der Waals surface area contributed by atoms with Crippen molar-refractivity contribution < 1.29 is 4.79 Å². The maximum atomic E-state index is 12.5. The van der Waals surface area contributed by atoms with Gasteiger partial charge in [-0.3, -0.25) is 4.79 Å². The van der Waals surface area contributed by atoms with Gasteiger partial charge in [-0.25, -0.2) is 0 Å². The average molecular weight is 427 g/mol. The number of rotatable bonds is 1. The molecule has 1 aromatic carbocycles. The van der Waals surface area contributed by atoms with Crippen LogP contribution in [0.3, 0.4) is 0 Å². The number of nitrogens with one attached hydrogen (secondary N) is 1. The highest BCUT2D eigenvalue weighted by atomic mass is 127. The Hall–Kier alpha value is -0.0400. The normalized spacial score (nSPS) is 25.0. The number of carbonyl (C=O) groups excluding carboxylic acids is 1. The third kappa shape index (κ3) is 3.40. The van der Waals surface area contributed by atoms with Crippen LogP contribution >= 0.6 is 46.6 Å². The molecule has 2 heterocycles. The van der Waals surface area contributed by atoms with E-state index in [1.54, 1.807) is 6.07 Å². The average Bonchev–Trinajstić information content (AvgIpc) is 2.72. The topological polar surface area (TPSA) is 32.3 Å². The van der Waals surface area contributed by atoms with Crippen molar-refractivity contribution in [1.29, 1.82) is 0 Å². The van der Waals surface area contributed by atoms with Crippen LogP contribution in [0.15, 0.2) is 18.2 Å². The van der Waals surface area contributed by atoms with Gasteiger partial charge in [0.15, 0.2) is 0 Å². The highest BCUT2D eigenvalue weighted by Gasteiger charge is 2.31. The standard InChI is InChI=1S/C14H16ClIN2O.ClH/c15-12-4-1-9(7-13(12)16)14(19)18-6-5-10-2-3-11(8-18)17-10;/h1,4,7,10-11,17H,2-3,5-6,8H2;1H. The van der Waals surface area contributed by atoms with Crippen molar-refractivity contribution in [3.05, 3.63) is 32.4 Å². The van der Waals surface area contributed by atoms with Crippen LogP contribution in [0.4, 0.5) is 0 Å². The van der Waals surface area contributed by atoms with Crippen LogP contribution in [0.5, 0.6) is 0 Å². The van der Waals surface area contributed by atoms with Gasteiger partial charge in [0.25, 0.3) is 5.91 Å². The van der Waals surface area contributed by atoms with Crippen molar-refractivity contribution in [2.45, 2.75) is 31.3 Å². The van der Waals surface area contributed by atoms with E-state index < -0.39 is 0 Å². The van der Waals surface area contributed by atoms with Crippen LogP contribution in [0.1, 0.15) is 29.6 Å². The Morgan fingerprint density at radius 1 is 1.30 bits per heavy atom.